The van der Waals surface area contributed by atoms with Crippen LogP contribution >= 0.6 is 0 Å². The highest BCUT2D eigenvalue weighted by atomic mass is 16.5. The van der Waals surface area contributed by atoms with Crippen LogP contribution in [0.1, 0.15) is 0 Å². The molecule has 2 nitrogen and oxygen atoms in total. The molecule has 0 rings (SSSR count). The van der Waals surface area contributed by atoms with Crippen molar-refractivity contribution in [2.24, 2.45) is 0 Å². The normalized spacial score (nSPS) is 7.89. The molecule has 0 spiro atoms. The Morgan fingerprint density at radius 2 is 2.56 bits per heavy atom. The van der Waals surface area contributed by atoms with E-state index < -0.39 is 0 Å². The van der Waals surface area contributed by atoms with E-state index >= 15 is 0 Å². The molecule has 0 heterocycles. The summed E-state index contributed by atoms with van der Waals surface area (Å²) in [6, 6.07) is 0. The molecule has 0 saturated heterocycles. The fraction of sp³-hybridized carbons (Fsp3) is 0.429. The molecule has 0 aliphatic rings. The van der Waals surface area contributed by atoms with Crippen LogP contribution in [0.2, 0.25) is 0 Å². The van der Waals surface area contributed by atoms with Crippen molar-refractivity contribution < 1.29 is 4.74 Å². The smallest absolute Gasteiger partial charge is 0.0997 e. The molecule has 0 atom stereocenters. The molecular weight excluding hydrogens is 114 g/mol. The van der Waals surface area contributed by atoms with Crippen LogP contribution in [0.3, 0.4) is 0 Å². The number of hydrogen-bond acceptors (Lipinski definition) is 2. The van der Waals surface area contributed by atoms with E-state index in [0.717, 1.165) is 6.54 Å². The number of terminal acetylenes is 1. The number of nitrogens with one attached hydrogen (secondary N) is 1. The highest BCUT2D eigenvalue weighted by molar-refractivity contribution is 4.86. The number of rotatable bonds is 5. The quantitative estimate of drug-likeness (QED) is 0.325. The van der Waals surface area contributed by atoms with E-state index in [2.05, 4.69) is 17.8 Å². The Morgan fingerprint density at radius 1 is 1.78 bits per heavy atom. The molecular formula is C7H11NO. The van der Waals surface area contributed by atoms with Crippen molar-refractivity contribution in [2.75, 3.05) is 19.7 Å². The summed E-state index contributed by atoms with van der Waals surface area (Å²) < 4.78 is 4.81. The van der Waals surface area contributed by atoms with E-state index in [9.17, 15) is 0 Å². The third-order valence-corrected chi connectivity index (χ3v) is 0.742. The minimum atomic E-state index is 0.598. The molecule has 50 valence electrons. The Bertz CT molecular complexity index is 104. The summed E-state index contributed by atoms with van der Waals surface area (Å²) in [6.45, 7) is 5.39. The Morgan fingerprint density at radius 3 is 3.11 bits per heavy atom. The van der Waals surface area contributed by atoms with Crippen molar-refractivity contribution in [2.45, 2.75) is 0 Å². The van der Waals surface area contributed by atoms with Gasteiger partial charge in [-0.25, -0.2) is 0 Å². The predicted octanol–water partition coefficient (Wildman–Crippen LogP) is 0.369. The Kier molecular flexibility index (Phi) is 6.32. The van der Waals surface area contributed by atoms with E-state index in [1.807, 2.05) is 0 Å². The fourth-order valence-corrected chi connectivity index (χ4v) is 0.375. The topological polar surface area (TPSA) is 21.3 Å². The minimum absolute atomic E-state index is 0.598. The van der Waals surface area contributed by atoms with Gasteiger partial charge in [0.1, 0.15) is 0 Å². The lowest BCUT2D eigenvalue weighted by molar-refractivity contribution is 0.252. The molecule has 1 N–H and O–H groups in total. The first-order valence-electron chi connectivity index (χ1n) is 2.78. The van der Waals surface area contributed by atoms with Gasteiger partial charge in [0.15, 0.2) is 0 Å². The van der Waals surface area contributed by atoms with Crippen LogP contribution in [0, 0.1) is 12.3 Å². The Labute approximate surface area is 55.9 Å². The van der Waals surface area contributed by atoms with E-state index in [4.69, 9.17) is 11.2 Å². The lowest BCUT2D eigenvalue weighted by atomic mass is 10.6. The largest absolute Gasteiger partial charge is 0.500 e. The lowest BCUT2D eigenvalue weighted by Gasteiger charge is -1.98. The zero-order chi connectivity index (χ0) is 6.95. The van der Waals surface area contributed by atoms with Crippen LogP contribution in [0.5, 0.6) is 0 Å². The first kappa shape index (κ1) is 8.06. The monoisotopic (exact) mass is 125 g/mol. The Balaban J connectivity index is 2.76. The van der Waals surface area contributed by atoms with Crippen molar-refractivity contribution >= 4 is 0 Å². The molecule has 9 heavy (non-hydrogen) atoms. The maximum Gasteiger partial charge on any atom is 0.0997 e. The van der Waals surface area contributed by atoms with Crippen LogP contribution in [-0.2, 0) is 4.74 Å². The second-order valence-electron chi connectivity index (χ2n) is 1.42. The second kappa shape index (κ2) is 7.06. The maximum atomic E-state index is 4.97. The number of hydrogen-bond donors (Lipinski definition) is 1. The molecule has 2 heteroatoms. The van der Waals surface area contributed by atoms with Gasteiger partial charge in [0.05, 0.1) is 19.4 Å². The van der Waals surface area contributed by atoms with Crippen molar-refractivity contribution in [3.05, 3.63) is 12.8 Å². The molecule has 0 aromatic carbocycles. The van der Waals surface area contributed by atoms with Gasteiger partial charge < -0.3 is 10.1 Å². The van der Waals surface area contributed by atoms with Crippen LogP contribution in [0.4, 0.5) is 0 Å². The summed E-state index contributed by atoms with van der Waals surface area (Å²) in [5, 5.41) is 2.96. The summed E-state index contributed by atoms with van der Waals surface area (Å²) >= 11 is 0. The molecule has 0 saturated carbocycles. The van der Waals surface area contributed by atoms with Crippen molar-refractivity contribution in [3.63, 3.8) is 0 Å². The van der Waals surface area contributed by atoms with Gasteiger partial charge in [-0.2, -0.15) is 0 Å². The van der Waals surface area contributed by atoms with Gasteiger partial charge in [0, 0.05) is 6.54 Å². The molecule has 0 unspecified atom stereocenters. The second-order valence-corrected chi connectivity index (χ2v) is 1.42. The van der Waals surface area contributed by atoms with Gasteiger partial charge in [0.2, 0.25) is 0 Å². The first-order valence-corrected chi connectivity index (χ1v) is 2.78. The van der Waals surface area contributed by atoms with Crippen molar-refractivity contribution in [1.82, 2.24) is 5.32 Å². The van der Waals surface area contributed by atoms with E-state index in [1.54, 1.807) is 0 Å². The third-order valence-electron chi connectivity index (χ3n) is 0.742. The van der Waals surface area contributed by atoms with Gasteiger partial charge in [0.25, 0.3) is 0 Å². The minimum Gasteiger partial charge on any atom is -0.500 e. The molecule has 0 aliphatic heterocycles. The summed E-state index contributed by atoms with van der Waals surface area (Å²) in [7, 11) is 0. The molecule has 0 fully saturated rings. The van der Waals surface area contributed by atoms with Crippen LogP contribution in [0.15, 0.2) is 12.8 Å². The molecule has 0 radical (unpaired) electrons. The summed E-state index contributed by atoms with van der Waals surface area (Å²) in [5.41, 5.74) is 0. The van der Waals surface area contributed by atoms with Gasteiger partial charge in [-0.1, -0.05) is 12.5 Å². The van der Waals surface area contributed by atoms with Crippen LogP contribution in [-0.4, -0.2) is 19.7 Å². The third kappa shape index (κ3) is 7.06. The van der Waals surface area contributed by atoms with E-state index in [-0.39, 0.29) is 0 Å². The van der Waals surface area contributed by atoms with E-state index in [1.165, 1.54) is 6.26 Å². The van der Waals surface area contributed by atoms with Crippen molar-refractivity contribution in [3.8, 4) is 12.3 Å². The highest BCUT2D eigenvalue weighted by Crippen LogP contribution is 1.69. The maximum absolute atomic E-state index is 4.97. The standard InChI is InChI=1S/C7H11NO/c1-3-5-8-6-7-9-4-2/h1,4,8H,2,5-7H2. The van der Waals surface area contributed by atoms with Gasteiger partial charge >= 0.3 is 0 Å². The van der Waals surface area contributed by atoms with Gasteiger partial charge in [-0.3, -0.25) is 0 Å². The SMILES string of the molecule is C#CCNCCOC=C. The molecule has 0 bridgehead atoms. The predicted molar refractivity (Wildman–Crippen MR) is 37.9 cm³/mol. The van der Waals surface area contributed by atoms with Crippen LogP contribution < -0.4 is 5.32 Å². The molecule has 0 aliphatic carbocycles. The Hall–Kier alpha value is -0.940. The van der Waals surface area contributed by atoms with E-state index in [0.29, 0.717) is 13.2 Å². The summed E-state index contributed by atoms with van der Waals surface area (Å²) in [6.07, 6.45) is 6.38. The van der Waals surface area contributed by atoms with Crippen LogP contribution in [0.25, 0.3) is 0 Å². The number of ether oxygens (including phenoxy) is 1. The highest BCUT2D eigenvalue weighted by Gasteiger charge is 1.79. The zero-order valence-electron chi connectivity index (χ0n) is 5.39. The molecule has 0 aromatic heterocycles. The van der Waals surface area contributed by atoms with Crippen molar-refractivity contribution in [1.29, 1.82) is 0 Å². The fourth-order valence-electron chi connectivity index (χ4n) is 0.375. The van der Waals surface area contributed by atoms with Gasteiger partial charge in [-0.05, 0) is 0 Å². The van der Waals surface area contributed by atoms with Gasteiger partial charge in [-0.15, -0.1) is 6.42 Å². The summed E-state index contributed by atoms with van der Waals surface area (Å²) in [5.74, 6) is 2.45. The average molecular weight is 125 g/mol. The summed E-state index contributed by atoms with van der Waals surface area (Å²) in [4.78, 5) is 0. The molecule has 0 amide bonds. The lowest BCUT2D eigenvalue weighted by Crippen LogP contribution is -2.18. The molecule has 0 aromatic rings. The zero-order valence-corrected chi connectivity index (χ0v) is 5.39. The average Bonchev–Trinajstić information content (AvgIpc) is 1.89. The first-order chi connectivity index (χ1) is 4.41.